The molecule has 3 N–H and O–H groups in total. The smallest absolute Gasteiger partial charge is 0.319 e. The minimum atomic E-state index is -0.905. The van der Waals surface area contributed by atoms with Crippen molar-refractivity contribution in [1.82, 2.24) is 30.1 Å². The first-order chi connectivity index (χ1) is 24.1. The van der Waals surface area contributed by atoms with E-state index in [-0.39, 0.29) is 60.0 Å². The predicted molar refractivity (Wildman–Crippen MR) is 185 cm³/mol. The Labute approximate surface area is 291 Å². The normalized spacial score (nSPS) is 28.5. The van der Waals surface area contributed by atoms with Crippen molar-refractivity contribution in [2.45, 2.75) is 101 Å². The molecule has 1 amide bonds. The molecule has 4 saturated heterocycles. The molecular formula is C37H47F2N7O4. The van der Waals surface area contributed by atoms with Crippen molar-refractivity contribution in [2.75, 3.05) is 50.8 Å². The minimum Gasteiger partial charge on any atom is -0.508 e. The zero-order chi connectivity index (χ0) is 34.7. The van der Waals surface area contributed by atoms with Gasteiger partial charge in [0.2, 0.25) is 5.91 Å². The average molecular weight is 692 g/mol. The standard InChI is InChI=1S/C37H47F2N7O4/c1-21-5-3-6-23-11-27(48)12-29(31(21)23)33-32(39)34-30(15-41-33)35(43-36(42-34)50-20-37-9-4-10-45(37)16-24(38)13-37)44-17-25-7-8-26(18-44)46(25)19-28(49)14-40-22(2)47/h11-12,15,21,24-26,28,48-49H,3-10,13-14,16-20H2,1-2H3,(H,40,47)/t21?,24-,25-,26+,28?,37+/m1/s1. The first-order valence-corrected chi connectivity index (χ1v) is 18.3. The van der Waals surface area contributed by atoms with Gasteiger partial charge in [-0.05, 0) is 80.7 Å². The largest absolute Gasteiger partial charge is 0.508 e. The lowest BCUT2D eigenvalue weighted by Crippen LogP contribution is -2.56. The number of fused-ring (bicyclic) bond motifs is 5. The van der Waals surface area contributed by atoms with E-state index in [2.05, 4.69) is 36.9 Å². The summed E-state index contributed by atoms with van der Waals surface area (Å²) in [5, 5.41) is 24.5. The summed E-state index contributed by atoms with van der Waals surface area (Å²) in [7, 11) is 0. The van der Waals surface area contributed by atoms with Crippen molar-refractivity contribution in [3.05, 3.63) is 35.3 Å². The topological polar surface area (TPSA) is 127 Å². The predicted octanol–water partition coefficient (Wildman–Crippen LogP) is 4.08. The van der Waals surface area contributed by atoms with Crippen LogP contribution in [0.4, 0.5) is 14.6 Å². The number of aromatic nitrogens is 3. The lowest BCUT2D eigenvalue weighted by atomic mass is 9.80. The average Bonchev–Trinajstić information content (AvgIpc) is 3.67. The third-order valence-electron chi connectivity index (χ3n) is 11.9. The van der Waals surface area contributed by atoms with Crippen LogP contribution in [0.3, 0.4) is 0 Å². The fourth-order valence-electron chi connectivity index (χ4n) is 9.62. The van der Waals surface area contributed by atoms with Crippen LogP contribution in [0.5, 0.6) is 11.8 Å². The van der Waals surface area contributed by atoms with Gasteiger partial charge >= 0.3 is 6.01 Å². The molecule has 0 saturated carbocycles. The second-order valence-corrected chi connectivity index (χ2v) is 15.3. The van der Waals surface area contributed by atoms with E-state index in [1.54, 1.807) is 18.3 Å². The maximum Gasteiger partial charge on any atom is 0.319 e. The second kappa shape index (κ2) is 13.1. The number of ether oxygens (including phenoxy) is 1. The van der Waals surface area contributed by atoms with Gasteiger partial charge in [0.1, 0.15) is 35.6 Å². The number of hydrogen-bond donors (Lipinski definition) is 3. The number of aromatic hydroxyl groups is 1. The fourth-order valence-corrected chi connectivity index (χ4v) is 9.62. The van der Waals surface area contributed by atoms with Gasteiger partial charge in [-0.25, -0.2) is 8.78 Å². The highest BCUT2D eigenvalue weighted by Crippen LogP contribution is 2.44. The number of nitrogens with one attached hydrogen (secondary N) is 1. The SMILES string of the molecule is CC(=O)NCC(O)CN1[C@@H]2CC[C@H]1CN(c1nc(OC[C@@]34CCCN3C[C@H](F)C4)nc3c(F)c(-c4cc(O)cc5c4C(C)CCC5)ncc13)C2. The number of pyridine rings is 1. The summed E-state index contributed by atoms with van der Waals surface area (Å²) >= 11 is 0. The second-order valence-electron chi connectivity index (χ2n) is 15.3. The number of alkyl halides is 1. The van der Waals surface area contributed by atoms with Crippen LogP contribution < -0.4 is 15.0 Å². The van der Waals surface area contributed by atoms with Gasteiger partial charge in [0.15, 0.2) is 5.82 Å². The van der Waals surface area contributed by atoms with E-state index in [9.17, 15) is 19.4 Å². The third-order valence-corrected chi connectivity index (χ3v) is 11.9. The lowest BCUT2D eigenvalue weighted by Gasteiger charge is -2.42. The van der Waals surface area contributed by atoms with Gasteiger partial charge in [-0.15, -0.1) is 0 Å². The van der Waals surface area contributed by atoms with E-state index in [0.717, 1.165) is 62.6 Å². The molecule has 13 heteroatoms. The zero-order valence-electron chi connectivity index (χ0n) is 28.9. The number of benzene rings is 1. The van der Waals surface area contributed by atoms with Crippen molar-refractivity contribution in [1.29, 1.82) is 0 Å². The molecule has 268 valence electrons. The van der Waals surface area contributed by atoms with Gasteiger partial charge in [-0.2, -0.15) is 9.97 Å². The number of phenols is 1. The number of nitrogens with zero attached hydrogens (tertiary/aromatic N) is 6. The summed E-state index contributed by atoms with van der Waals surface area (Å²) in [5.74, 6) is 0.0506. The number of aryl methyl sites for hydroxylation is 1. The molecule has 4 fully saturated rings. The minimum absolute atomic E-state index is 0.0545. The molecule has 8 rings (SSSR count). The van der Waals surface area contributed by atoms with Gasteiger partial charge in [0.25, 0.3) is 0 Å². The highest BCUT2D eigenvalue weighted by molar-refractivity contribution is 5.92. The van der Waals surface area contributed by atoms with E-state index in [1.165, 1.54) is 6.92 Å². The Kier molecular flexibility index (Phi) is 8.79. The number of rotatable bonds is 9. The first kappa shape index (κ1) is 33.5. The van der Waals surface area contributed by atoms with E-state index in [0.29, 0.717) is 49.4 Å². The number of carbonyl (C=O) groups is 1. The van der Waals surface area contributed by atoms with Gasteiger partial charge < -0.3 is 25.2 Å². The van der Waals surface area contributed by atoms with Gasteiger partial charge in [-0.1, -0.05) is 6.92 Å². The summed E-state index contributed by atoms with van der Waals surface area (Å²) in [6.07, 6.45) is 6.94. The summed E-state index contributed by atoms with van der Waals surface area (Å²) in [4.78, 5) is 32.3. The molecule has 2 unspecified atom stereocenters. The van der Waals surface area contributed by atoms with Crippen molar-refractivity contribution in [3.8, 4) is 23.0 Å². The molecule has 4 aliphatic heterocycles. The number of hydrogen-bond acceptors (Lipinski definition) is 10. The van der Waals surface area contributed by atoms with Crippen LogP contribution in [-0.2, 0) is 11.2 Å². The van der Waals surface area contributed by atoms with Crippen LogP contribution in [0.2, 0.25) is 0 Å². The van der Waals surface area contributed by atoms with Crippen molar-refractivity contribution in [3.63, 3.8) is 0 Å². The van der Waals surface area contributed by atoms with E-state index >= 15 is 4.39 Å². The first-order valence-electron chi connectivity index (χ1n) is 18.3. The molecular weight excluding hydrogens is 644 g/mol. The molecule has 50 heavy (non-hydrogen) atoms. The van der Waals surface area contributed by atoms with Crippen molar-refractivity contribution < 1.29 is 28.5 Å². The number of aliphatic hydroxyl groups excluding tert-OH is 1. The molecule has 5 aliphatic rings. The number of halogens is 2. The summed E-state index contributed by atoms with van der Waals surface area (Å²) in [6.45, 7) is 6.88. The molecule has 2 aromatic heterocycles. The van der Waals surface area contributed by atoms with Crippen molar-refractivity contribution in [2.24, 2.45) is 0 Å². The Morgan fingerprint density at radius 1 is 1.16 bits per heavy atom. The highest BCUT2D eigenvalue weighted by Gasteiger charge is 2.49. The quantitative estimate of drug-likeness (QED) is 0.302. The van der Waals surface area contributed by atoms with Crippen LogP contribution in [-0.4, -0.2) is 117 Å². The van der Waals surface area contributed by atoms with Gasteiger partial charge in [-0.3, -0.25) is 19.6 Å². The maximum absolute atomic E-state index is 17.0. The molecule has 1 aliphatic carbocycles. The molecule has 6 atom stereocenters. The van der Waals surface area contributed by atoms with Crippen LogP contribution >= 0.6 is 0 Å². The maximum atomic E-state index is 17.0. The number of piperazine rings is 1. The molecule has 2 bridgehead atoms. The van der Waals surface area contributed by atoms with Crippen LogP contribution in [0, 0.1) is 5.82 Å². The molecule has 11 nitrogen and oxygen atoms in total. The number of carbonyl (C=O) groups excluding carboxylic acids is 1. The zero-order valence-corrected chi connectivity index (χ0v) is 28.9. The number of amides is 1. The lowest BCUT2D eigenvalue weighted by molar-refractivity contribution is -0.119. The Hall–Kier alpha value is -3.68. The van der Waals surface area contributed by atoms with Crippen LogP contribution in [0.1, 0.15) is 75.8 Å². The molecule has 0 radical (unpaired) electrons. The van der Waals surface area contributed by atoms with Gasteiger partial charge in [0.05, 0.1) is 17.0 Å². The highest BCUT2D eigenvalue weighted by atomic mass is 19.1. The Morgan fingerprint density at radius 2 is 1.96 bits per heavy atom. The molecule has 0 spiro atoms. The molecule has 1 aromatic carbocycles. The monoisotopic (exact) mass is 691 g/mol. The fraction of sp³-hybridized carbons (Fsp3) is 0.622. The third kappa shape index (κ3) is 6.04. The van der Waals surface area contributed by atoms with Crippen LogP contribution in [0.15, 0.2) is 18.3 Å². The number of anilines is 1. The Balaban J connectivity index is 1.16. The summed E-state index contributed by atoms with van der Waals surface area (Å²) < 4.78 is 37.9. The van der Waals surface area contributed by atoms with E-state index in [4.69, 9.17) is 9.72 Å². The summed E-state index contributed by atoms with van der Waals surface area (Å²) in [6, 6.07) is 3.72. The van der Waals surface area contributed by atoms with E-state index in [1.807, 2.05) is 0 Å². The Bertz CT molecular complexity index is 1780. The van der Waals surface area contributed by atoms with Crippen molar-refractivity contribution >= 4 is 22.6 Å². The summed E-state index contributed by atoms with van der Waals surface area (Å²) in [5.41, 5.74) is 2.45. The Morgan fingerprint density at radius 3 is 2.74 bits per heavy atom. The molecule has 6 heterocycles. The van der Waals surface area contributed by atoms with Gasteiger partial charge in [0, 0.05) is 69.9 Å². The van der Waals surface area contributed by atoms with Crippen LogP contribution in [0.25, 0.3) is 22.2 Å². The number of phenolic OH excluding ortho intramolecular Hbond substituents is 1. The van der Waals surface area contributed by atoms with E-state index < -0.39 is 23.6 Å². The number of aliphatic hydroxyl groups is 1. The molecule has 3 aromatic rings.